The van der Waals surface area contributed by atoms with E-state index < -0.39 is 0 Å². The highest BCUT2D eigenvalue weighted by atomic mass is 79.9. The van der Waals surface area contributed by atoms with Gasteiger partial charge in [-0.2, -0.15) is 11.8 Å². The SMILES string of the molecule is CCC(CSC)NCc1cc(O)ccc1Br. The lowest BCUT2D eigenvalue weighted by molar-refractivity contribution is 0.472. The second-order valence-electron chi connectivity index (χ2n) is 3.72. The molecule has 2 N–H and O–H groups in total. The average Bonchev–Trinajstić information content (AvgIpc) is 2.28. The van der Waals surface area contributed by atoms with E-state index in [-0.39, 0.29) is 0 Å². The van der Waals surface area contributed by atoms with Crippen LogP contribution in [0.5, 0.6) is 5.75 Å². The molecule has 1 aromatic carbocycles. The van der Waals surface area contributed by atoms with E-state index >= 15 is 0 Å². The molecule has 16 heavy (non-hydrogen) atoms. The highest BCUT2D eigenvalue weighted by Gasteiger charge is 2.06. The van der Waals surface area contributed by atoms with Gasteiger partial charge in [0.2, 0.25) is 0 Å². The molecular weight excluding hydrogens is 286 g/mol. The zero-order valence-electron chi connectivity index (χ0n) is 9.66. The highest BCUT2D eigenvalue weighted by Crippen LogP contribution is 2.21. The molecule has 0 aliphatic carbocycles. The summed E-state index contributed by atoms with van der Waals surface area (Å²) in [6.07, 6.45) is 3.24. The summed E-state index contributed by atoms with van der Waals surface area (Å²) in [5.74, 6) is 1.44. The van der Waals surface area contributed by atoms with Crippen molar-refractivity contribution in [2.75, 3.05) is 12.0 Å². The Labute approximate surface area is 110 Å². The fraction of sp³-hybridized carbons (Fsp3) is 0.500. The van der Waals surface area contributed by atoms with Crippen molar-refractivity contribution in [2.24, 2.45) is 0 Å². The second-order valence-corrected chi connectivity index (χ2v) is 5.48. The summed E-state index contributed by atoms with van der Waals surface area (Å²) in [6, 6.07) is 5.89. The largest absolute Gasteiger partial charge is 0.508 e. The maximum Gasteiger partial charge on any atom is 0.115 e. The number of phenols is 1. The Morgan fingerprint density at radius 2 is 2.25 bits per heavy atom. The van der Waals surface area contributed by atoms with Gasteiger partial charge < -0.3 is 10.4 Å². The normalized spacial score (nSPS) is 12.7. The van der Waals surface area contributed by atoms with Crippen LogP contribution in [0.15, 0.2) is 22.7 Å². The van der Waals surface area contributed by atoms with E-state index in [1.807, 2.05) is 17.8 Å². The molecule has 1 rings (SSSR count). The van der Waals surface area contributed by atoms with Crippen LogP contribution in [0, 0.1) is 0 Å². The Morgan fingerprint density at radius 3 is 2.88 bits per heavy atom. The number of hydrogen-bond donors (Lipinski definition) is 2. The van der Waals surface area contributed by atoms with Crippen LogP contribution in [0.1, 0.15) is 18.9 Å². The van der Waals surface area contributed by atoms with Gasteiger partial charge in [-0.15, -0.1) is 0 Å². The maximum absolute atomic E-state index is 9.41. The monoisotopic (exact) mass is 303 g/mol. The molecule has 0 amide bonds. The van der Waals surface area contributed by atoms with Crippen LogP contribution in [-0.2, 0) is 6.54 Å². The number of benzene rings is 1. The highest BCUT2D eigenvalue weighted by molar-refractivity contribution is 9.10. The molecule has 0 saturated carbocycles. The Morgan fingerprint density at radius 1 is 1.50 bits per heavy atom. The zero-order chi connectivity index (χ0) is 12.0. The molecule has 0 aliphatic heterocycles. The quantitative estimate of drug-likeness (QED) is 0.845. The molecule has 0 bridgehead atoms. The van der Waals surface area contributed by atoms with E-state index in [0.29, 0.717) is 11.8 Å². The van der Waals surface area contributed by atoms with Crippen LogP contribution in [-0.4, -0.2) is 23.2 Å². The Bertz CT molecular complexity index is 333. The third kappa shape index (κ3) is 4.36. The number of thioether (sulfide) groups is 1. The first-order valence-electron chi connectivity index (χ1n) is 5.37. The van der Waals surface area contributed by atoms with E-state index in [1.165, 1.54) is 0 Å². The number of aromatic hydroxyl groups is 1. The van der Waals surface area contributed by atoms with Crippen LogP contribution in [0.25, 0.3) is 0 Å². The Balaban J connectivity index is 2.55. The molecule has 1 aromatic rings. The fourth-order valence-corrected chi connectivity index (χ4v) is 2.62. The number of halogens is 1. The summed E-state index contributed by atoms with van der Waals surface area (Å²) >= 11 is 5.34. The number of hydrogen-bond acceptors (Lipinski definition) is 3. The molecule has 0 spiro atoms. The smallest absolute Gasteiger partial charge is 0.115 e. The standard InChI is InChI=1S/C12H18BrNOS/c1-3-10(8-16-2)14-7-9-6-11(15)4-5-12(9)13/h4-6,10,14-15H,3,7-8H2,1-2H3. The van der Waals surface area contributed by atoms with Crippen molar-refractivity contribution >= 4 is 27.7 Å². The lowest BCUT2D eigenvalue weighted by Gasteiger charge is -2.16. The fourth-order valence-electron chi connectivity index (χ4n) is 1.47. The third-order valence-corrected chi connectivity index (χ3v) is 3.98. The van der Waals surface area contributed by atoms with Crippen molar-refractivity contribution < 1.29 is 5.11 Å². The third-order valence-electron chi connectivity index (χ3n) is 2.47. The predicted octanol–water partition coefficient (Wildman–Crippen LogP) is 3.39. The molecule has 1 unspecified atom stereocenters. The van der Waals surface area contributed by atoms with Gasteiger partial charge in [0.15, 0.2) is 0 Å². The molecule has 0 aliphatic rings. The summed E-state index contributed by atoms with van der Waals surface area (Å²) < 4.78 is 1.04. The molecule has 1 atom stereocenters. The Hall–Kier alpha value is -0.190. The number of phenolic OH excluding ortho intramolecular Hbond substituents is 1. The molecule has 0 aromatic heterocycles. The lowest BCUT2D eigenvalue weighted by atomic mass is 10.2. The van der Waals surface area contributed by atoms with Crippen LogP contribution < -0.4 is 5.32 Å². The maximum atomic E-state index is 9.41. The van der Waals surface area contributed by atoms with Gasteiger partial charge in [0.25, 0.3) is 0 Å². The topological polar surface area (TPSA) is 32.3 Å². The van der Waals surface area contributed by atoms with Crippen molar-refractivity contribution in [1.82, 2.24) is 5.32 Å². The van der Waals surface area contributed by atoms with Gasteiger partial charge in [-0.25, -0.2) is 0 Å². The van der Waals surface area contributed by atoms with E-state index in [2.05, 4.69) is 34.4 Å². The molecule has 90 valence electrons. The van der Waals surface area contributed by atoms with Crippen LogP contribution in [0.2, 0.25) is 0 Å². The molecule has 0 saturated heterocycles. The van der Waals surface area contributed by atoms with Crippen LogP contribution in [0.4, 0.5) is 0 Å². The van der Waals surface area contributed by atoms with Gasteiger partial charge in [-0.05, 0) is 36.4 Å². The van der Waals surface area contributed by atoms with Crippen molar-refractivity contribution in [3.63, 3.8) is 0 Å². The first-order valence-corrected chi connectivity index (χ1v) is 7.55. The average molecular weight is 304 g/mol. The summed E-state index contributed by atoms with van der Waals surface area (Å²) in [5, 5.41) is 12.9. The summed E-state index contributed by atoms with van der Waals surface area (Å²) in [7, 11) is 0. The first kappa shape index (κ1) is 13.9. The molecule has 0 radical (unpaired) electrons. The van der Waals surface area contributed by atoms with Crippen molar-refractivity contribution in [2.45, 2.75) is 25.9 Å². The van der Waals surface area contributed by atoms with Crippen LogP contribution >= 0.6 is 27.7 Å². The summed E-state index contributed by atoms with van der Waals surface area (Å²) in [5.41, 5.74) is 1.10. The molecule has 2 nitrogen and oxygen atoms in total. The van der Waals surface area contributed by atoms with Gasteiger partial charge in [0.1, 0.15) is 5.75 Å². The molecule has 0 heterocycles. The number of rotatable bonds is 6. The predicted molar refractivity (Wildman–Crippen MR) is 75.1 cm³/mol. The van der Waals surface area contributed by atoms with Crippen molar-refractivity contribution in [1.29, 1.82) is 0 Å². The Kier molecular flexibility index (Phi) is 6.24. The molecule has 0 fully saturated rings. The van der Waals surface area contributed by atoms with Gasteiger partial charge in [-0.3, -0.25) is 0 Å². The van der Waals surface area contributed by atoms with E-state index in [4.69, 9.17) is 0 Å². The van der Waals surface area contributed by atoms with E-state index in [1.54, 1.807) is 12.1 Å². The summed E-state index contributed by atoms with van der Waals surface area (Å²) in [4.78, 5) is 0. The van der Waals surface area contributed by atoms with E-state index in [0.717, 1.165) is 28.8 Å². The van der Waals surface area contributed by atoms with Crippen LogP contribution in [0.3, 0.4) is 0 Å². The minimum absolute atomic E-state index is 0.318. The van der Waals surface area contributed by atoms with Gasteiger partial charge in [0.05, 0.1) is 0 Å². The zero-order valence-corrected chi connectivity index (χ0v) is 12.1. The van der Waals surface area contributed by atoms with Gasteiger partial charge >= 0.3 is 0 Å². The minimum atomic E-state index is 0.318. The van der Waals surface area contributed by atoms with Crippen molar-refractivity contribution in [3.8, 4) is 5.75 Å². The molecule has 4 heteroatoms. The molecular formula is C12H18BrNOS. The second kappa shape index (κ2) is 7.20. The van der Waals surface area contributed by atoms with Gasteiger partial charge in [-0.1, -0.05) is 22.9 Å². The van der Waals surface area contributed by atoms with Gasteiger partial charge in [0, 0.05) is 22.8 Å². The number of nitrogens with one attached hydrogen (secondary N) is 1. The van der Waals surface area contributed by atoms with Crippen molar-refractivity contribution in [3.05, 3.63) is 28.2 Å². The first-order chi connectivity index (χ1) is 7.67. The lowest BCUT2D eigenvalue weighted by Crippen LogP contribution is -2.30. The summed E-state index contributed by atoms with van der Waals surface area (Å²) in [6.45, 7) is 2.97. The minimum Gasteiger partial charge on any atom is -0.508 e. The van der Waals surface area contributed by atoms with E-state index in [9.17, 15) is 5.11 Å².